The predicted molar refractivity (Wildman–Crippen MR) is 114 cm³/mol. The first kappa shape index (κ1) is 21.2. The number of aryl methyl sites for hydroxylation is 1. The highest BCUT2D eigenvalue weighted by molar-refractivity contribution is 7.92. The molecule has 3 rings (SSSR count). The van der Waals surface area contributed by atoms with Gasteiger partial charge in [-0.2, -0.15) is 0 Å². The highest BCUT2D eigenvalue weighted by atomic mass is 32.2. The van der Waals surface area contributed by atoms with E-state index < -0.39 is 10.0 Å². The van der Waals surface area contributed by atoms with Crippen molar-refractivity contribution in [1.82, 2.24) is 4.90 Å². The van der Waals surface area contributed by atoms with Crippen LogP contribution in [0.5, 0.6) is 5.75 Å². The van der Waals surface area contributed by atoms with Crippen molar-refractivity contribution < 1.29 is 17.9 Å². The van der Waals surface area contributed by atoms with E-state index in [1.54, 1.807) is 17.0 Å². The number of piperidine rings is 1. The van der Waals surface area contributed by atoms with Crippen molar-refractivity contribution in [3.05, 3.63) is 53.1 Å². The topological polar surface area (TPSA) is 75.7 Å². The third-order valence-corrected chi connectivity index (χ3v) is 6.99. The first-order valence-corrected chi connectivity index (χ1v) is 11.3. The lowest BCUT2D eigenvalue weighted by Gasteiger charge is -2.30. The summed E-state index contributed by atoms with van der Waals surface area (Å²) in [5.41, 5.74) is 2.66. The van der Waals surface area contributed by atoms with Crippen LogP contribution in [-0.2, 0) is 10.0 Å². The van der Waals surface area contributed by atoms with E-state index >= 15 is 0 Å². The molecule has 0 spiro atoms. The van der Waals surface area contributed by atoms with Gasteiger partial charge in [0.1, 0.15) is 5.75 Å². The molecule has 7 heteroatoms. The van der Waals surface area contributed by atoms with Crippen LogP contribution in [0.2, 0.25) is 0 Å². The van der Waals surface area contributed by atoms with E-state index in [1.165, 1.54) is 25.3 Å². The van der Waals surface area contributed by atoms with Gasteiger partial charge >= 0.3 is 0 Å². The van der Waals surface area contributed by atoms with Gasteiger partial charge in [-0.1, -0.05) is 19.1 Å². The van der Waals surface area contributed by atoms with Crippen LogP contribution < -0.4 is 9.46 Å². The normalized spacial score (nSPS) is 15.2. The molecule has 1 N–H and O–H groups in total. The Labute approximate surface area is 172 Å². The quantitative estimate of drug-likeness (QED) is 0.800. The molecule has 2 aromatic rings. The van der Waals surface area contributed by atoms with Crippen LogP contribution in [0.3, 0.4) is 0 Å². The summed E-state index contributed by atoms with van der Waals surface area (Å²) in [6, 6.07) is 9.87. The van der Waals surface area contributed by atoms with Crippen LogP contribution in [0, 0.1) is 19.8 Å². The first-order valence-electron chi connectivity index (χ1n) is 9.79. The zero-order valence-corrected chi connectivity index (χ0v) is 18.2. The van der Waals surface area contributed by atoms with Gasteiger partial charge in [-0.05, 0) is 68.0 Å². The first-order chi connectivity index (χ1) is 13.7. The molecule has 6 nitrogen and oxygen atoms in total. The Kier molecular flexibility index (Phi) is 6.17. The number of ether oxygens (including phenoxy) is 1. The lowest BCUT2D eigenvalue weighted by atomic mass is 9.98. The number of nitrogens with one attached hydrogen (secondary N) is 1. The summed E-state index contributed by atoms with van der Waals surface area (Å²) in [5, 5.41) is 0. The third kappa shape index (κ3) is 4.56. The number of nitrogens with zero attached hydrogens (tertiary/aromatic N) is 1. The Morgan fingerprint density at radius 3 is 2.48 bits per heavy atom. The summed E-state index contributed by atoms with van der Waals surface area (Å²) < 4.78 is 33.9. The summed E-state index contributed by atoms with van der Waals surface area (Å²) >= 11 is 0. The number of rotatable bonds is 5. The molecule has 1 aliphatic heterocycles. The smallest absolute Gasteiger partial charge is 0.261 e. The molecule has 0 radical (unpaired) electrons. The number of likely N-dealkylation sites (tertiary alicyclic amines) is 1. The van der Waals surface area contributed by atoms with E-state index in [-0.39, 0.29) is 16.4 Å². The number of benzene rings is 2. The molecule has 1 aliphatic rings. The lowest BCUT2D eigenvalue weighted by molar-refractivity contribution is 0.0693. The van der Waals surface area contributed by atoms with Crippen molar-refractivity contribution in [2.75, 3.05) is 24.9 Å². The molecule has 29 heavy (non-hydrogen) atoms. The second kappa shape index (κ2) is 8.45. The molecule has 0 saturated carbocycles. The number of anilines is 1. The molecule has 0 bridgehead atoms. The average Bonchev–Trinajstić information content (AvgIpc) is 2.71. The molecule has 1 fully saturated rings. The maximum atomic E-state index is 13.1. The summed E-state index contributed by atoms with van der Waals surface area (Å²) in [4.78, 5) is 14.9. The fourth-order valence-corrected chi connectivity index (χ4v) is 4.62. The van der Waals surface area contributed by atoms with E-state index in [0.717, 1.165) is 24.0 Å². The molecule has 0 unspecified atom stereocenters. The van der Waals surface area contributed by atoms with Crippen molar-refractivity contribution in [2.45, 2.75) is 38.5 Å². The third-order valence-electron chi connectivity index (χ3n) is 5.63. The second-order valence-corrected chi connectivity index (χ2v) is 9.37. The van der Waals surface area contributed by atoms with Gasteiger partial charge in [0.25, 0.3) is 15.9 Å². The SMILES string of the molecule is COc1ccc(S(=O)(=O)Nc2cccc(C)c2C)cc1C(=O)N1CCC(C)CC1. The van der Waals surface area contributed by atoms with E-state index in [1.807, 2.05) is 19.9 Å². The molecule has 1 heterocycles. The van der Waals surface area contributed by atoms with E-state index in [9.17, 15) is 13.2 Å². The Morgan fingerprint density at radius 1 is 1.14 bits per heavy atom. The largest absolute Gasteiger partial charge is 0.496 e. The Balaban J connectivity index is 1.93. The van der Waals surface area contributed by atoms with Crippen LogP contribution in [0.25, 0.3) is 0 Å². The maximum absolute atomic E-state index is 13.1. The number of hydrogen-bond donors (Lipinski definition) is 1. The molecule has 0 aliphatic carbocycles. The standard InChI is InChI=1S/C22H28N2O4S/c1-15-10-12-24(13-11-15)22(25)19-14-18(8-9-21(19)28-4)29(26,27)23-20-7-5-6-16(2)17(20)3/h5-9,14-15,23H,10-13H2,1-4H3. The minimum absolute atomic E-state index is 0.0351. The maximum Gasteiger partial charge on any atom is 0.261 e. The summed E-state index contributed by atoms with van der Waals surface area (Å²) in [5.74, 6) is 0.770. The molecule has 0 atom stereocenters. The van der Waals surface area contributed by atoms with E-state index in [0.29, 0.717) is 30.4 Å². The van der Waals surface area contributed by atoms with Crippen molar-refractivity contribution in [1.29, 1.82) is 0 Å². The van der Waals surface area contributed by atoms with Gasteiger partial charge in [0, 0.05) is 13.1 Å². The van der Waals surface area contributed by atoms with Gasteiger partial charge in [-0.25, -0.2) is 8.42 Å². The van der Waals surface area contributed by atoms with Crippen molar-refractivity contribution >= 4 is 21.6 Å². The number of sulfonamides is 1. The molecular formula is C22H28N2O4S. The summed E-state index contributed by atoms with van der Waals surface area (Å²) in [6.07, 6.45) is 1.89. The monoisotopic (exact) mass is 416 g/mol. The number of carbonyl (C=O) groups is 1. The molecular weight excluding hydrogens is 388 g/mol. The summed E-state index contributed by atoms with van der Waals surface area (Å²) in [6.45, 7) is 7.31. The van der Waals surface area contributed by atoms with E-state index in [2.05, 4.69) is 11.6 Å². The van der Waals surface area contributed by atoms with Gasteiger partial charge in [0.15, 0.2) is 0 Å². The van der Waals surface area contributed by atoms with Crippen LogP contribution >= 0.6 is 0 Å². The Bertz CT molecular complexity index is 1010. The van der Waals surface area contributed by atoms with Gasteiger partial charge in [0.2, 0.25) is 0 Å². The van der Waals surface area contributed by atoms with Gasteiger partial charge in [-0.15, -0.1) is 0 Å². The minimum atomic E-state index is -3.85. The van der Waals surface area contributed by atoms with Crippen LogP contribution in [0.4, 0.5) is 5.69 Å². The van der Waals surface area contributed by atoms with Crippen LogP contribution in [0.15, 0.2) is 41.3 Å². The number of carbonyl (C=O) groups excluding carboxylic acids is 1. The molecule has 1 amide bonds. The second-order valence-electron chi connectivity index (χ2n) is 7.69. The highest BCUT2D eigenvalue weighted by Crippen LogP contribution is 2.28. The number of methoxy groups -OCH3 is 1. The van der Waals surface area contributed by atoms with Crippen LogP contribution in [-0.4, -0.2) is 39.4 Å². The zero-order chi connectivity index (χ0) is 21.2. The van der Waals surface area contributed by atoms with Gasteiger partial charge < -0.3 is 9.64 Å². The van der Waals surface area contributed by atoms with Crippen molar-refractivity contribution in [2.24, 2.45) is 5.92 Å². The Morgan fingerprint density at radius 2 is 1.83 bits per heavy atom. The van der Waals surface area contributed by atoms with Gasteiger partial charge in [-0.3, -0.25) is 9.52 Å². The fraction of sp³-hybridized carbons (Fsp3) is 0.409. The number of amides is 1. The average molecular weight is 417 g/mol. The predicted octanol–water partition coefficient (Wildman–Crippen LogP) is 3.98. The molecule has 0 aromatic heterocycles. The summed E-state index contributed by atoms with van der Waals surface area (Å²) in [7, 11) is -2.37. The minimum Gasteiger partial charge on any atom is -0.496 e. The number of hydrogen-bond acceptors (Lipinski definition) is 4. The van der Waals surface area contributed by atoms with E-state index in [4.69, 9.17) is 4.74 Å². The Hall–Kier alpha value is -2.54. The molecule has 2 aromatic carbocycles. The van der Waals surface area contributed by atoms with Gasteiger partial charge in [0.05, 0.1) is 23.3 Å². The van der Waals surface area contributed by atoms with Crippen LogP contribution in [0.1, 0.15) is 41.3 Å². The molecule has 156 valence electrons. The molecule has 1 saturated heterocycles. The van der Waals surface area contributed by atoms with Crippen molar-refractivity contribution in [3.8, 4) is 5.75 Å². The fourth-order valence-electron chi connectivity index (χ4n) is 3.47. The van der Waals surface area contributed by atoms with Crippen molar-refractivity contribution in [3.63, 3.8) is 0 Å². The zero-order valence-electron chi connectivity index (χ0n) is 17.4. The lowest BCUT2D eigenvalue weighted by Crippen LogP contribution is -2.38. The highest BCUT2D eigenvalue weighted by Gasteiger charge is 2.26.